The van der Waals surface area contributed by atoms with Crippen LogP contribution in [0.15, 0.2) is 48.5 Å². The summed E-state index contributed by atoms with van der Waals surface area (Å²) in [5, 5.41) is 51.9. The quantitative estimate of drug-likeness (QED) is 0.0628. The van der Waals surface area contributed by atoms with Crippen LogP contribution < -0.4 is 0 Å². The van der Waals surface area contributed by atoms with Gasteiger partial charge in [0.05, 0.1) is 0 Å². The van der Waals surface area contributed by atoms with Crippen molar-refractivity contribution in [1.29, 1.82) is 0 Å². The highest BCUT2D eigenvalue weighted by atomic mass is 16.3. The van der Waals surface area contributed by atoms with Crippen LogP contribution >= 0.6 is 0 Å². The zero-order valence-corrected chi connectivity index (χ0v) is 44.9. The van der Waals surface area contributed by atoms with E-state index in [0.717, 1.165) is 83.0 Å². The summed E-state index contributed by atoms with van der Waals surface area (Å²) in [7, 11) is 0. The maximum Gasteiger partial charge on any atom is 0.123 e. The molecule has 0 aliphatic rings. The van der Waals surface area contributed by atoms with Crippen LogP contribution in [0.5, 0.6) is 23.0 Å². The van der Waals surface area contributed by atoms with Crippen LogP contribution in [-0.4, -0.2) is 20.4 Å². The number of unbranched alkanes of at least 4 members (excludes halogenated alkanes) is 12. The van der Waals surface area contributed by atoms with Crippen LogP contribution in [0.2, 0.25) is 0 Å². The lowest BCUT2D eigenvalue weighted by molar-refractivity contribution is 0.412. The molecule has 0 aliphatic heterocycles. The van der Waals surface area contributed by atoms with Crippen molar-refractivity contribution < 1.29 is 20.4 Å². The predicted octanol–water partition coefficient (Wildman–Crippen LogP) is 17.9. The first kappa shape index (κ1) is 54.7. The third-order valence-electron chi connectivity index (χ3n) is 14.1. The van der Waals surface area contributed by atoms with E-state index in [-0.39, 0.29) is 33.8 Å². The number of aromatic hydroxyl groups is 4. The molecule has 0 bridgehead atoms. The van der Waals surface area contributed by atoms with E-state index in [1.54, 1.807) is 0 Å². The molecule has 4 aromatic carbocycles. The first-order chi connectivity index (χ1) is 30.7. The maximum absolute atomic E-state index is 13.0. The molecule has 0 radical (unpaired) electrons. The number of phenolic OH excluding ortho intramolecular Hbond substituents is 4. The second kappa shape index (κ2) is 22.9. The minimum Gasteiger partial charge on any atom is -0.507 e. The van der Waals surface area contributed by atoms with Crippen molar-refractivity contribution in [3.8, 4) is 23.0 Å². The van der Waals surface area contributed by atoms with Gasteiger partial charge in [-0.3, -0.25) is 0 Å². The van der Waals surface area contributed by atoms with Gasteiger partial charge in [0.1, 0.15) is 23.0 Å². The highest BCUT2D eigenvalue weighted by molar-refractivity contribution is 5.64. The Labute approximate surface area is 404 Å². The predicted molar refractivity (Wildman–Crippen MR) is 284 cm³/mol. The molecular formula is C62H94O4. The molecule has 4 nitrogen and oxygen atoms in total. The van der Waals surface area contributed by atoms with Gasteiger partial charge in [0.15, 0.2) is 0 Å². The second-order valence-electron chi connectivity index (χ2n) is 24.3. The third kappa shape index (κ3) is 14.1. The molecule has 0 saturated heterocycles. The van der Waals surface area contributed by atoms with Crippen molar-refractivity contribution in [3.63, 3.8) is 0 Å². The Bertz CT molecular complexity index is 2040. The molecule has 0 aromatic heterocycles. The fourth-order valence-electron chi connectivity index (χ4n) is 10.0. The Balaban J connectivity index is 2.21. The molecule has 366 valence electrons. The molecule has 0 fully saturated rings. The van der Waals surface area contributed by atoms with Gasteiger partial charge in [0.2, 0.25) is 0 Å². The van der Waals surface area contributed by atoms with E-state index in [4.69, 9.17) is 0 Å². The van der Waals surface area contributed by atoms with Crippen molar-refractivity contribution in [2.75, 3.05) is 0 Å². The van der Waals surface area contributed by atoms with E-state index >= 15 is 0 Å². The summed E-state index contributed by atoms with van der Waals surface area (Å²) in [6, 6.07) is 17.1. The minimum atomic E-state index is -0.727. The van der Waals surface area contributed by atoms with Crippen LogP contribution in [0.25, 0.3) is 0 Å². The molecule has 0 unspecified atom stereocenters. The Morgan fingerprint density at radius 1 is 0.348 bits per heavy atom. The summed E-state index contributed by atoms with van der Waals surface area (Å²) in [6.07, 6.45) is 18.0. The van der Waals surface area contributed by atoms with Crippen molar-refractivity contribution in [2.45, 2.75) is 247 Å². The van der Waals surface area contributed by atoms with E-state index < -0.39 is 22.7 Å². The van der Waals surface area contributed by atoms with Gasteiger partial charge >= 0.3 is 0 Å². The number of hydrogen-bond donors (Lipinski definition) is 4. The number of phenols is 4. The first-order valence-corrected chi connectivity index (χ1v) is 26.1. The minimum absolute atomic E-state index is 0.189. The topological polar surface area (TPSA) is 80.9 Å². The highest BCUT2D eigenvalue weighted by Crippen LogP contribution is 2.56. The summed E-state index contributed by atoms with van der Waals surface area (Å²) in [6.45, 7) is 34.8. The largest absolute Gasteiger partial charge is 0.507 e. The standard InChI is InChI=1S/C62H94O4/c1-17-19-21-23-25-27-29-31-43-33-41(3)35-47(55(43)63)53(48-36-42(4)34-44(56(48)64)32-30-28-26-24-22-20-18-2)54(49-37-45(59(5,6)7)39-51(57(49)65)61(11,12)13)50-38-46(60(8,9)10)40-52(58(50)66)62(14,15)16/h33-40,53-54,63-66H,17-32H2,1-16H3. The molecule has 0 heterocycles. The molecular weight excluding hydrogens is 809 g/mol. The average Bonchev–Trinajstić information content (AvgIpc) is 3.20. The molecule has 0 atom stereocenters. The Kier molecular flexibility index (Phi) is 19.0. The SMILES string of the molecule is CCCCCCCCCc1cc(C)cc(C(c2cc(C)cc(CCCCCCCCC)c2O)C(c2cc(C(C)(C)C)cc(C(C)(C)C)c2O)c2cc(C(C)(C)C)cc(C(C)(C)C)c2O)c1O. The fraction of sp³-hybridized carbons (Fsp3) is 0.613. The monoisotopic (exact) mass is 903 g/mol. The number of benzene rings is 4. The van der Waals surface area contributed by atoms with Gasteiger partial charge in [0, 0.05) is 34.1 Å². The van der Waals surface area contributed by atoms with Crippen LogP contribution in [0.3, 0.4) is 0 Å². The smallest absolute Gasteiger partial charge is 0.123 e. The third-order valence-corrected chi connectivity index (χ3v) is 14.1. The zero-order valence-electron chi connectivity index (χ0n) is 44.9. The summed E-state index contributed by atoms with van der Waals surface area (Å²) in [4.78, 5) is 0. The van der Waals surface area contributed by atoms with Crippen molar-refractivity contribution in [2.24, 2.45) is 0 Å². The molecule has 4 rings (SSSR count). The van der Waals surface area contributed by atoms with Crippen LogP contribution in [0.1, 0.15) is 265 Å². The lowest BCUT2D eigenvalue weighted by Gasteiger charge is -2.37. The lowest BCUT2D eigenvalue weighted by atomic mass is 9.67. The molecule has 0 amide bonds. The van der Waals surface area contributed by atoms with Gasteiger partial charge in [0.25, 0.3) is 0 Å². The van der Waals surface area contributed by atoms with E-state index in [1.807, 2.05) is 0 Å². The lowest BCUT2D eigenvalue weighted by Crippen LogP contribution is -2.23. The van der Waals surface area contributed by atoms with E-state index in [9.17, 15) is 20.4 Å². The molecule has 0 saturated carbocycles. The van der Waals surface area contributed by atoms with Crippen LogP contribution in [-0.2, 0) is 34.5 Å². The number of aryl methyl sites for hydroxylation is 4. The summed E-state index contributed by atoms with van der Waals surface area (Å²) >= 11 is 0. The van der Waals surface area contributed by atoms with Crippen LogP contribution in [0.4, 0.5) is 0 Å². The van der Waals surface area contributed by atoms with Gasteiger partial charge in [-0.1, -0.05) is 234 Å². The highest BCUT2D eigenvalue weighted by Gasteiger charge is 2.40. The Hall–Kier alpha value is -3.92. The van der Waals surface area contributed by atoms with Crippen molar-refractivity contribution in [3.05, 3.63) is 115 Å². The van der Waals surface area contributed by atoms with Crippen molar-refractivity contribution >= 4 is 0 Å². The Morgan fingerprint density at radius 3 is 0.924 bits per heavy atom. The molecule has 66 heavy (non-hydrogen) atoms. The van der Waals surface area contributed by atoms with E-state index in [1.165, 1.54) is 64.2 Å². The summed E-state index contributed by atoms with van der Waals surface area (Å²) in [5.74, 6) is -0.575. The van der Waals surface area contributed by atoms with Crippen LogP contribution in [0, 0.1) is 13.8 Å². The number of hydrogen-bond acceptors (Lipinski definition) is 4. The summed E-state index contributed by atoms with van der Waals surface area (Å²) < 4.78 is 0. The van der Waals surface area contributed by atoms with Gasteiger partial charge in [-0.05, 0) is 94.6 Å². The maximum atomic E-state index is 13.0. The fourth-order valence-corrected chi connectivity index (χ4v) is 10.0. The molecule has 0 spiro atoms. The molecule has 4 aromatic rings. The Morgan fingerprint density at radius 2 is 0.636 bits per heavy atom. The first-order valence-electron chi connectivity index (χ1n) is 26.1. The second-order valence-corrected chi connectivity index (χ2v) is 24.3. The zero-order chi connectivity index (χ0) is 49.4. The van der Waals surface area contributed by atoms with Gasteiger partial charge in [-0.2, -0.15) is 0 Å². The average molecular weight is 903 g/mol. The molecule has 0 aliphatic carbocycles. The normalized spacial score (nSPS) is 12.8. The van der Waals surface area contributed by atoms with Crippen molar-refractivity contribution in [1.82, 2.24) is 0 Å². The molecule has 4 N–H and O–H groups in total. The van der Waals surface area contributed by atoms with Gasteiger partial charge in [-0.25, -0.2) is 0 Å². The van der Waals surface area contributed by atoms with Gasteiger partial charge in [-0.15, -0.1) is 0 Å². The molecule has 4 heteroatoms. The number of rotatable bonds is 21. The van der Waals surface area contributed by atoms with E-state index in [2.05, 4.69) is 159 Å². The van der Waals surface area contributed by atoms with E-state index in [0.29, 0.717) is 22.3 Å². The summed E-state index contributed by atoms with van der Waals surface area (Å²) in [5.41, 5.74) is 9.07. The van der Waals surface area contributed by atoms with Gasteiger partial charge < -0.3 is 20.4 Å².